The number of halogens is 4. The molecule has 0 unspecified atom stereocenters. The lowest BCUT2D eigenvalue weighted by atomic mass is 10.1. The van der Waals surface area contributed by atoms with Crippen molar-refractivity contribution in [3.8, 4) is 0 Å². The van der Waals surface area contributed by atoms with Crippen LogP contribution in [0, 0.1) is 13.8 Å². The number of fused-ring (bicyclic) bond motifs is 1. The zero-order valence-electron chi connectivity index (χ0n) is 9.19. The summed E-state index contributed by atoms with van der Waals surface area (Å²) in [6.07, 6.45) is -4.36. The number of benzene rings is 1. The molecule has 0 saturated heterocycles. The minimum Gasteiger partial charge on any atom is -0.253 e. The van der Waals surface area contributed by atoms with E-state index in [1.165, 1.54) is 6.07 Å². The number of aryl methyl sites for hydroxylation is 1. The number of pyridine rings is 1. The van der Waals surface area contributed by atoms with Crippen molar-refractivity contribution in [1.82, 2.24) is 4.98 Å². The third-order valence-corrected chi connectivity index (χ3v) is 3.21. The average molecular weight is 260 g/mol. The van der Waals surface area contributed by atoms with Crippen molar-refractivity contribution in [2.75, 3.05) is 0 Å². The summed E-state index contributed by atoms with van der Waals surface area (Å²) in [5, 5.41) is 1.00. The van der Waals surface area contributed by atoms with Crippen LogP contribution >= 0.6 is 11.6 Å². The fourth-order valence-corrected chi connectivity index (χ4v) is 1.91. The van der Waals surface area contributed by atoms with Gasteiger partial charge in [0, 0.05) is 11.1 Å². The van der Waals surface area contributed by atoms with E-state index in [0.29, 0.717) is 16.1 Å². The van der Waals surface area contributed by atoms with Gasteiger partial charge in [0.15, 0.2) is 0 Å². The SMILES string of the molecule is Cc1nc2cc(C(F)(F)F)ccc2c(Cl)c1C. The van der Waals surface area contributed by atoms with E-state index in [9.17, 15) is 13.2 Å². The molecule has 0 aliphatic carbocycles. The molecule has 0 aliphatic rings. The molecule has 0 saturated carbocycles. The van der Waals surface area contributed by atoms with E-state index in [1.54, 1.807) is 13.8 Å². The van der Waals surface area contributed by atoms with Crippen LogP contribution in [0.4, 0.5) is 13.2 Å². The number of hydrogen-bond donors (Lipinski definition) is 0. The summed E-state index contributed by atoms with van der Waals surface area (Å²) in [5.41, 5.74) is 0.991. The second-order valence-electron chi connectivity index (χ2n) is 3.87. The fraction of sp³-hybridized carbons (Fsp3) is 0.250. The molecule has 0 aliphatic heterocycles. The third-order valence-electron chi connectivity index (χ3n) is 2.72. The highest BCUT2D eigenvalue weighted by molar-refractivity contribution is 6.36. The Balaban J connectivity index is 2.76. The predicted molar refractivity (Wildman–Crippen MR) is 61.2 cm³/mol. The molecular formula is C12H9ClF3N. The van der Waals surface area contributed by atoms with E-state index in [4.69, 9.17) is 11.6 Å². The van der Waals surface area contributed by atoms with Gasteiger partial charge in [0.2, 0.25) is 0 Å². The fourth-order valence-electron chi connectivity index (χ4n) is 1.61. The van der Waals surface area contributed by atoms with E-state index in [-0.39, 0.29) is 5.52 Å². The Kier molecular flexibility index (Phi) is 2.78. The molecule has 90 valence electrons. The monoisotopic (exact) mass is 259 g/mol. The highest BCUT2D eigenvalue weighted by Gasteiger charge is 2.30. The van der Waals surface area contributed by atoms with Crippen molar-refractivity contribution >= 4 is 22.5 Å². The van der Waals surface area contributed by atoms with Gasteiger partial charge in [-0.15, -0.1) is 0 Å². The first-order chi connectivity index (χ1) is 7.80. The van der Waals surface area contributed by atoms with Gasteiger partial charge in [-0.3, -0.25) is 4.98 Å². The molecule has 0 atom stereocenters. The molecule has 5 heteroatoms. The molecule has 1 aromatic carbocycles. The van der Waals surface area contributed by atoms with Crippen molar-refractivity contribution in [2.45, 2.75) is 20.0 Å². The number of aromatic nitrogens is 1. The number of hydrogen-bond acceptors (Lipinski definition) is 1. The van der Waals surface area contributed by atoms with E-state index >= 15 is 0 Å². The molecule has 2 aromatic rings. The van der Waals surface area contributed by atoms with Gasteiger partial charge in [-0.25, -0.2) is 0 Å². The van der Waals surface area contributed by atoms with E-state index in [1.807, 2.05) is 0 Å². The summed E-state index contributed by atoms with van der Waals surface area (Å²) in [7, 11) is 0. The second kappa shape index (κ2) is 3.88. The number of alkyl halides is 3. The first-order valence-electron chi connectivity index (χ1n) is 4.94. The zero-order chi connectivity index (χ0) is 12.8. The van der Waals surface area contributed by atoms with Crippen LogP contribution in [0.5, 0.6) is 0 Å². The van der Waals surface area contributed by atoms with E-state index < -0.39 is 11.7 Å². The molecule has 1 heterocycles. The third kappa shape index (κ3) is 2.09. The smallest absolute Gasteiger partial charge is 0.253 e. The highest BCUT2D eigenvalue weighted by atomic mass is 35.5. The van der Waals surface area contributed by atoms with Crippen LogP contribution < -0.4 is 0 Å². The minimum atomic E-state index is -4.36. The Hall–Kier alpha value is -1.29. The molecule has 0 radical (unpaired) electrons. The van der Waals surface area contributed by atoms with Crippen LogP contribution in [0.1, 0.15) is 16.8 Å². The van der Waals surface area contributed by atoms with Crippen molar-refractivity contribution in [3.05, 3.63) is 40.0 Å². The standard InChI is InChI=1S/C12H9ClF3N/c1-6-7(2)17-10-5-8(12(14,15)16)3-4-9(10)11(6)13/h3-5H,1-2H3. The summed E-state index contributed by atoms with van der Waals surface area (Å²) in [6.45, 7) is 3.52. The number of nitrogens with zero attached hydrogens (tertiary/aromatic N) is 1. The van der Waals surface area contributed by atoms with Crippen LogP contribution in [-0.4, -0.2) is 4.98 Å². The van der Waals surface area contributed by atoms with E-state index in [2.05, 4.69) is 4.98 Å². The maximum Gasteiger partial charge on any atom is 0.416 e. The van der Waals surface area contributed by atoms with Gasteiger partial charge >= 0.3 is 6.18 Å². The van der Waals surface area contributed by atoms with Crippen LogP contribution in [0.25, 0.3) is 10.9 Å². The van der Waals surface area contributed by atoms with Gasteiger partial charge < -0.3 is 0 Å². The first-order valence-corrected chi connectivity index (χ1v) is 5.32. The van der Waals surface area contributed by atoms with Crippen molar-refractivity contribution in [2.24, 2.45) is 0 Å². The first kappa shape index (κ1) is 12.2. The molecule has 1 aromatic heterocycles. The minimum absolute atomic E-state index is 0.271. The summed E-state index contributed by atoms with van der Waals surface area (Å²) >= 11 is 6.08. The number of rotatable bonds is 0. The Morgan fingerprint density at radius 1 is 1.18 bits per heavy atom. The van der Waals surface area contributed by atoms with Gasteiger partial charge in [-0.2, -0.15) is 13.2 Å². The average Bonchev–Trinajstić information content (AvgIpc) is 2.24. The summed E-state index contributed by atoms with van der Waals surface area (Å²) < 4.78 is 37.6. The Bertz CT molecular complexity index is 590. The Morgan fingerprint density at radius 2 is 1.82 bits per heavy atom. The van der Waals surface area contributed by atoms with Crippen LogP contribution in [0.2, 0.25) is 5.02 Å². The Morgan fingerprint density at radius 3 is 2.41 bits per heavy atom. The largest absolute Gasteiger partial charge is 0.416 e. The van der Waals surface area contributed by atoms with Crippen LogP contribution in [-0.2, 0) is 6.18 Å². The zero-order valence-corrected chi connectivity index (χ0v) is 9.95. The quantitative estimate of drug-likeness (QED) is 0.678. The van der Waals surface area contributed by atoms with Crippen molar-refractivity contribution < 1.29 is 13.2 Å². The maximum atomic E-state index is 12.5. The molecule has 0 spiro atoms. The summed E-state index contributed by atoms with van der Waals surface area (Å²) in [6, 6.07) is 3.40. The molecule has 0 fully saturated rings. The van der Waals surface area contributed by atoms with Crippen LogP contribution in [0.3, 0.4) is 0 Å². The molecular weight excluding hydrogens is 251 g/mol. The van der Waals surface area contributed by atoms with Gasteiger partial charge in [-0.05, 0) is 31.5 Å². The van der Waals surface area contributed by atoms with Gasteiger partial charge in [0.05, 0.1) is 16.1 Å². The Labute approximate surface area is 101 Å². The lowest BCUT2D eigenvalue weighted by Crippen LogP contribution is -2.05. The molecule has 0 N–H and O–H groups in total. The van der Waals surface area contributed by atoms with Crippen molar-refractivity contribution in [3.63, 3.8) is 0 Å². The summed E-state index contributed by atoms with van der Waals surface area (Å²) in [5.74, 6) is 0. The molecule has 2 rings (SSSR count). The van der Waals surface area contributed by atoms with Gasteiger partial charge in [-0.1, -0.05) is 17.7 Å². The molecule has 1 nitrogen and oxygen atoms in total. The summed E-state index contributed by atoms with van der Waals surface area (Å²) in [4.78, 5) is 4.13. The molecule has 17 heavy (non-hydrogen) atoms. The topological polar surface area (TPSA) is 12.9 Å². The molecule has 0 amide bonds. The van der Waals surface area contributed by atoms with Gasteiger partial charge in [0.25, 0.3) is 0 Å². The molecule has 0 bridgehead atoms. The lowest BCUT2D eigenvalue weighted by molar-refractivity contribution is -0.137. The predicted octanol–water partition coefficient (Wildman–Crippen LogP) is 4.52. The lowest BCUT2D eigenvalue weighted by Gasteiger charge is -2.10. The normalized spacial score (nSPS) is 12.1. The van der Waals surface area contributed by atoms with E-state index in [0.717, 1.165) is 17.7 Å². The second-order valence-corrected chi connectivity index (χ2v) is 4.24. The van der Waals surface area contributed by atoms with Crippen LogP contribution in [0.15, 0.2) is 18.2 Å². The van der Waals surface area contributed by atoms with Gasteiger partial charge in [0.1, 0.15) is 0 Å². The highest BCUT2D eigenvalue weighted by Crippen LogP contribution is 2.34. The maximum absolute atomic E-state index is 12.5. The van der Waals surface area contributed by atoms with Crippen molar-refractivity contribution in [1.29, 1.82) is 0 Å².